The molecule has 3 nitrogen and oxygen atoms in total. The molecule has 0 heterocycles. The van der Waals surface area contributed by atoms with Crippen LogP contribution in [0.1, 0.15) is 13.3 Å². The van der Waals surface area contributed by atoms with E-state index in [1.54, 1.807) is 0 Å². The fraction of sp³-hybridized carbons (Fsp3) is 0.556. The smallest absolute Gasteiger partial charge is 0.226 e. The maximum atomic E-state index is 5.63. The topological polar surface area (TPSA) is 44.5 Å². The van der Waals surface area contributed by atoms with Gasteiger partial charge in [-0.3, -0.25) is 5.73 Å². The zero-order chi connectivity index (χ0) is 9.45. The third-order valence-corrected chi connectivity index (χ3v) is 1.29. The molecule has 0 aliphatic heterocycles. The quantitative estimate of drug-likeness (QED) is 0.473. The first-order chi connectivity index (χ1) is 5.68. The summed E-state index contributed by atoms with van der Waals surface area (Å²) in [7, 11) is 0. The van der Waals surface area contributed by atoms with Crippen LogP contribution in [0.2, 0.25) is 0 Å². The lowest BCUT2D eigenvalue weighted by molar-refractivity contribution is -0.221. The molecule has 0 aromatic rings. The van der Waals surface area contributed by atoms with E-state index in [4.69, 9.17) is 28.1 Å². The van der Waals surface area contributed by atoms with Gasteiger partial charge in [0, 0.05) is 6.42 Å². The van der Waals surface area contributed by atoms with Gasteiger partial charge in [-0.2, -0.15) is 0 Å². The van der Waals surface area contributed by atoms with E-state index in [9.17, 15) is 0 Å². The fourth-order valence-corrected chi connectivity index (χ4v) is 0.573. The minimum Gasteiger partial charge on any atom is -0.324 e. The highest BCUT2D eigenvalue weighted by molar-refractivity contribution is 4.86. The van der Waals surface area contributed by atoms with Crippen LogP contribution in [0.3, 0.4) is 0 Å². The molecule has 0 saturated heterocycles. The van der Waals surface area contributed by atoms with Crippen LogP contribution in [0, 0.1) is 24.7 Å². The van der Waals surface area contributed by atoms with Crippen molar-refractivity contribution in [1.29, 1.82) is 0 Å². The van der Waals surface area contributed by atoms with E-state index in [0.717, 1.165) is 0 Å². The summed E-state index contributed by atoms with van der Waals surface area (Å²) >= 11 is 0. The van der Waals surface area contributed by atoms with Gasteiger partial charge in [-0.15, -0.1) is 12.8 Å². The molecule has 0 unspecified atom stereocenters. The maximum Gasteiger partial charge on any atom is 0.226 e. The van der Waals surface area contributed by atoms with Gasteiger partial charge >= 0.3 is 0 Å². The molecular weight excluding hydrogens is 154 g/mol. The van der Waals surface area contributed by atoms with Gasteiger partial charge in [0.25, 0.3) is 0 Å². The second-order valence-corrected chi connectivity index (χ2v) is 2.15. The Bertz CT molecular complexity index is 182. The molecule has 0 fully saturated rings. The Balaban J connectivity index is 3.90. The van der Waals surface area contributed by atoms with Crippen molar-refractivity contribution in [2.75, 3.05) is 13.2 Å². The van der Waals surface area contributed by atoms with Crippen LogP contribution in [0.4, 0.5) is 0 Å². The van der Waals surface area contributed by atoms with E-state index in [1.807, 2.05) is 6.92 Å². The predicted molar refractivity (Wildman–Crippen MR) is 46.8 cm³/mol. The van der Waals surface area contributed by atoms with Gasteiger partial charge in [0.1, 0.15) is 13.2 Å². The zero-order valence-corrected chi connectivity index (χ0v) is 7.17. The normalized spacial score (nSPS) is 10.3. The van der Waals surface area contributed by atoms with E-state index in [1.165, 1.54) is 0 Å². The van der Waals surface area contributed by atoms with E-state index in [-0.39, 0.29) is 13.2 Å². The molecule has 0 aromatic heterocycles. The highest BCUT2D eigenvalue weighted by atomic mass is 16.7. The number of rotatable bonds is 5. The van der Waals surface area contributed by atoms with Crippen LogP contribution in [-0.4, -0.2) is 19.1 Å². The Hall–Kier alpha value is -1.00. The molecule has 0 aliphatic carbocycles. The first-order valence-corrected chi connectivity index (χ1v) is 3.62. The molecule has 3 heteroatoms. The fourth-order valence-electron chi connectivity index (χ4n) is 0.573. The summed E-state index contributed by atoms with van der Waals surface area (Å²) in [6, 6.07) is 0. The van der Waals surface area contributed by atoms with E-state index >= 15 is 0 Å². The summed E-state index contributed by atoms with van der Waals surface area (Å²) in [6.07, 6.45) is 10.5. The van der Waals surface area contributed by atoms with Crippen LogP contribution < -0.4 is 5.73 Å². The minimum absolute atomic E-state index is 0.120. The van der Waals surface area contributed by atoms with Gasteiger partial charge < -0.3 is 9.47 Å². The van der Waals surface area contributed by atoms with Gasteiger partial charge in [-0.25, -0.2) is 0 Å². The number of ether oxygens (including phenoxy) is 2. The second-order valence-electron chi connectivity index (χ2n) is 2.15. The Labute approximate surface area is 73.2 Å². The lowest BCUT2D eigenvalue weighted by atomic mass is 10.4. The third kappa shape index (κ3) is 4.00. The van der Waals surface area contributed by atoms with Crippen LogP contribution >= 0.6 is 0 Å². The summed E-state index contributed by atoms with van der Waals surface area (Å²) in [5.74, 6) is 3.46. The average Bonchev–Trinajstić information content (AvgIpc) is 2.11. The molecule has 0 amide bonds. The largest absolute Gasteiger partial charge is 0.324 e. The molecule has 0 radical (unpaired) electrons. The van der Waals surface area contributed by atoms with Crippen molar-refractivity contribution in [2.24, 2.45) is 5.73 Å². The monoisotopic (exact) mass is 167 g/mol. The molecule has 0 spiro atoms. The van der Waals surface area contributed by atoms with Gasteiger partial charge in [-0.05, 0) is 0 Å². The number of terminal acetylenes is 2. The molecule has 2 N–H and O–H groups in total. The minimum atomic E-state index is -1.14. The highest BCUT2D eigenvalue weighted by Crippen LogP contribution is 2.09. The van der Waals surface area contributed by atoms with Gasteiger partial charge in [-0.1, -0.05) is 18.8 Å². The van der Waals surface area contributed by atoms with Gasteiger partial charge in [0.2, 0.25) is 5.91 Å². The Kier molecular flexibility index (Phi) is 5.16. The highest BCUT2D eigenvalue weighted by Gasteiger charge is 2.23. The van der Waals surface area contributed by atoms with Gasteiger partial charge in [0.15, 0.2) is 0 Å². The number of hydrogen-bond acceptors (Lipinski definition) is 3. The van der Waals surface area contributed by atoms with E-state index in [0.29, 0.717) is 6.42 Å². The predicted octanol–water partition coefficient (Wildman–Crippen LogP) is 0.308. The first kappa shape index (κ1) is 11.0. The maximum absolute atomic E-state index is 5.63. The zero-order valence-electron chi connectivity index (χ0n) is 7.17. The van der Waals surface area contributed by atoms with Gasteiger partial charge in [0.05, 0.1) is 0 Å². The molecule has 66 valence electrons. The molecule has 12 heavy (non-hydrogen) atoms. The van der Waals surface area contributed by atoms with Crippen molar-refractivity contribution in [3.63, 3.8) is 0 Å². The van der Waals surface area contributed by atoms with Crippen molar-refractivity contribution in [1.82, 2.24) is 0 Å². The number of hydrogen-bond donors (Lipinski definition) is 1. The van der Waals surface area contributed by atoms with E-state index in [2.05, 4.69) is 11.8 Å². The molecule has 0 atom stereocenters. The van der Waals surface area contributed by atoms with Crippen LogP contribution in [0.5, 0.6) is 0 Å². The lowest BCUT2D eigenvalue weighted by Gasteiger charge is -2.26. The van der Waals surface area contributed by atoms with Crippen molar-refractivity contribution in [3.8, 4) is 24.7 Å². The summed E-state index contributed by atoms with van der Waals surface area (Å²) in [5, 5.41) is 0. The van der Waals surface area contributed by atoms with E-state index < -0.39 is 5.91 Å². The van der Waals surface area contributed by atoms with Crippen LogP contribution in [-0.2, 0) is 9.47 Å². The third-order valence-electron chi connectivity index (χ3n) is 1.29. The van der Waals surface area contributed by atoms with Crippen LogP contribution in [0.15, 0.2) is 0 Å². The second kappa shape index (κ2) is 5.62. The first-order valence-electron chi connectivity index (χ1n) is 3.62. The lowest BCUT2D eigenvalue weighted by Crippen LogP contribution is -2.45. The molecule has 0 rings (SSSR count). The molecule has 0 aromatic carbocycles. The molecule has 0 aliphatic rings. The number of nitrogens with two attached hydrogens (primary N) is 1. The van der Waals surface area contributed by atoms with Crippen LogP contribution in [0.25, 0.3) is 0 Å². The van der Waals surface area contributed by atoms with Crippen molar-refractivity contribution < 1.29 is 9.47 Å². The van der Waals surface area contributed by atoms with Crippen molar-refractivity contribution in [2.45, 2.75) is 19.3 Å². The summed E-state index contributed by atoms with van der Waals surface area (Å²) in [5.41, 5.74) is 5.63. The Morgan fingerprint density at radius 3 is 1.92 bits per heavy atom. The SMILES string of the molecule is C#CCOC(N)(CC)OCC#C. The molecule has 0 saturated carbocycles. The van der Waals surface area contributed by atoms with Crippen molar-refractivity contribution in [3.05, 3.63) is 0 Å². The Morgan fingerprint density at radius 2 is 1.67 bits per heavy atom. The summed E-state index contributed by atoms with van der Waals surface area (Å²) < 4.78 is 10.1. The summed E-state index contributed by atoms with van der Waals surface area (Å²) in [6.45, 7) is 2.07. The van der Waals surface area contributed by atoms with Crippen molar-refractivity contribution >= 4 is 0 Å². The summed E-state index contributed by atoms with van der Waals surface area (Å²) in [4.78, 5) is 0. The Morgan fingerprint density at radius 1 is 1.25 bits per heavy atom. The average molecular weight is 167 g/mol. The molecule has 0 bridgehead atoms. The standard InChI is InChI=1S/C9H13NO2/c1-4-7-11-9(10,6-3)12-8-5-2/h1-2H,6-8,10H2,3H3. The molecular formula is C9H13NO2.